The van der Waals surface area contributed by atoms with Crippen LogP contribution < -0.4 is 10.9 Å². The molecule has 0 unspecified atom stereocenters. The molecule has 1 aliphatic carbocycles. The van der Waals surface area contributed by atoms with E-state index in [9.17, 15) is 31.6 Å². The average Bonchev–Trinajstić information content (AvgIpc) is 3.23. The van der Waals surface area contributed by atoms with Crippen LogP contribution in [0.15, 0.2) is 46.2 Å². The number of benzene rings is 1. The SMILES string of the molecule is N#CCC1(n2nc(Nc3ccc(S(=O)(=O)C(F)F)cc3)c3c(=O)[nH]ccc32)CCC(N2CC(F)C2)CC1. The third-order valence-corrected chi connectivity index (χ3v) is 8.81. The zero-order valence-corrected chi connectivity index (χ0v) is 20.5. The molecule has 9 nitrogen and oxygen atoms in total. The third-order valence-electron chi connectivity index (χ3n) is 7.41. The number of hydrogen-bond acceptors (Lipinski definition) is 7. The molecule has 0 radical (unpaired) electrons. The van der Waals surface area contributed by atoms with Gasteiger partial charge in [-0.3, -0.25) is 14.4 Å². The Labute approximate surface area is 210 Å². The molecule has 2 N–H and O–H groups in total. The minimum atomic E-state index is -4.74. The van der Waals surface area contributed by atoms with E-state index in [2.05, 4.69) is 21.3 Å². The van der Waals surface area contributed by atoms with Gasteiger partial charge in [-0.15, -0.1) is 0 Å². The second-order valence-electron chi connectivity index (χ2n) is 9.62. The van der Waals surface area contributed by atoms with Crippen LogP contribution in [0.25, 0.3) is 10.9 Å². The summed E-state index contributed by atoms with van der Waals surface area (Å²) < 4.78 is 64.2. The standard InChI is InChI=1S/C24H25F3N6O3S/c25-15-13-32(14-15)17-5-8-24(9-6-17,10-11-28)33-19-7-12-29-22(34)20(19)21(31-33)30-16-1-3-18(4-2-16)37(35,36)23(26)27/h1-4,7,12,15,17,23H,5-6,8-10,13-14H2,(H,29,34)(H,30,31). The highest BCUT2D eigenvalue weighted by Crippen LogP contribution is 2.42. The fraction of sp³-hybridized carbons (Fsp3) is 0.458. The van der Waals surface area contributed by atoms with Gasteiger partial charge in [0.15, 0.2) is 5.82 Å². The topological polar surface area (TPSA) is 124 Å². The van der Waals surface area contributed by atoms with Crippen molar-refractivity contribution in [3.8, 4) is 6.07 Å². The van der Waals surface area contributed by atoms with Crippen molar-refractivity contribution in [2.24, 2.45) is 0 Å². The Morgan fingerprint density at radius 3 is 2.46 bits per heavy atom. The molecule has 0 amide bonds. The molecule has 1 saturated heterocycles. The zero-order chi connectivity index (χ0) is 26.4. The highest BCUT2D eigenvalue weighted by molar-refractivity contribution is 7.91. The van der Waals surface area contributed by atoms with Crippen LogP contribution in [0.5, 0.6) is 0 Å². The number of aromatic amines is 1. The lowest BCUT2D eigenvalue weighted by molar-refractivity contribution is -0.00330. The average molecular weight is 535 g/mol. The van der Waals surface area contributed by atoms with Gasteiger partial charge in [-0.1, -0.05) is 0 Å². The molecule has 2 fully saturated rings. The number of halogens is 3. The van der Waals surface area contributed by atoms with Crippen molar-refractivity contribution < 1.29 is 21.6 Å². The fourth-order valence-corrected chi connectivity index (χ4v) is 6.08. The summed E-state index contributed by atoms with van der Waals surface area (Å²) in [5, 5.41) is 17.6. The first kappa shape index (κ1) is 25.3. The molecule has 3 heterocycles. The quantitative estimate of drug-likeness (QED) is 0.474. The number of nitriles is 1. The Morgan fingerprint density at radius 2 is 1.86 bits per heavy atom. The summed E-state index contributed by atoms with van der Waals surface area (Å²) in [6, 6.07) is 8.97. The minimum Gasteiger partial charge on any atom is -0.338 e. The number of nitrogens with zero attached hydrogens (tertiary/aromatic N) is 4. The molecule has 1 saturated carbocycles. The van der Waals surface area contributed by atoms with Crippen LogP contribution in [-0.4, -0.2) is 59.1 Å². The first-order valence-corrected chi connectivity index (χ1v) is 13.4. The Bertz CT molecular complexity index is 1500. The van der Waals surface area contributed by atoms with Gasteiger partial charge >= 0.3 is 5.76 Å². The van der Waals surface area contributed by atoms with Crippen LogP contribution in [0.1, 0.15) is 32.1 Å². The van der Waals surface area contributed by atoms with Crippen molar-refractivity contribution in [3.05, 3.63) is 46.9 Å². The summed E-state index contributed by atoms with van der Waals surface area (Å²) >= 11 is 0. The number of sulfone groups is 1. The monoisotopic (exact) mass is 534 g/mol. The summed E-state index contributed by atoms with van der Waals surface area (Å²) in [5.74, 6) is -3.33. The van der Waals surface area contributed by atoms with Crippen LogP contribution >= 0.6 is 0 Å². The number of H-pyrrole nitrogens is 1. The second kappa shape index (κ2) is 9.50. The van der Waals surface area contributed by atoms with E-state index < -0.39 is 37.8 Å². The lowest BCUT2D eigenvalue weighted by Gasteiger charge is -2.47. The summed E-state index contributed by atoms with van der Waals surface area (Å²) in [5.41, 5.74) is -0.186. The molecule has 13 heteroatoms. The van der Waals surface area contributed by atoms with Crippen molar-refractivity contribution in [1.82, 2.24) is 19.7 Å². The van der Waals surface area contributed by atoms with Gasteiger partial charge < -0.3 is 10.3 Å². The van der Waals surface area contributed by atoms with Crippen molar-refractivity contribution in [3.63, 3.8) is 0 Å². The van der Waals surface area contributed by atoms with E-state index in [-0.39, 0.29) is 23.7 Å². The minimum absolute atomic E-state index is 0.175. The summed E-state index contributed by atoms with van der Waals surface area (Å²) in [6.07, 6.45) is 3.68. The first-order chi connectivity index (χ1) is 17.6. The lowest BCUT2D eigenvalue weighted by atomic mass is 9.76. The third kappa shape index (κ3) is 4.48. The maximum atomic E-state index is 13.4. The van der Waals surface area contributed by atoms with E-state index in [1.807, 2.05) is 0 Å². The number of likely N-dealkylation sites (tertiary alicyclic amines) is 1. The van der Waals surface area contributed by atoms with Gasteiger partial charge in [-0.2, -0.15) is 19.1 Å². The van der Waals surface area contributed by atoms with E-state index in [0.717, 1.165) is 25.0 Å². The molecule has 3 aromatic rings. The van der Waals surface area contributed by atoms with Crippen LogP contribution in [0.4, 0.5) is 24.7 Å². The van der Waals surface area contributed by atoms with E-state index in [0.29, 0.717) is 37.1 Å². The molecular weight excluding hydrogens is 509 g/mol. The van der Waals surface area contributed by atoms with Crippen LogP contribution in [0.2, 0.25) is 0 Å². The summed E-state index contributed by atoms with van der Waals surface area (Å²) in [7, 11) is -4.74. The molecule has 0 bridgehead atoms. The highest BCUT2D eigenvalue weighted by Gasteiger charge is 2.43. The molecule has 0 atom stereocenters. The van der Waals surface area contributed by atoms with Gasteiger partial charge in [-0.05, 0) is 56.0 Å². The van der Waals surface area contributed by atoms with Crippen molar-refractivity contribution in [1.29, 1.82) is 5.26 Å². The van der Waals surface area contributed by atoms with Gasteiger partial charge in [-0.25, -0.2) is 12.8 Å². The van der Waals surface area contributed by atoms with E-state index in [1.54, 1.807) is 10.7 Å². The maximum Gasteiger partial charge on any atom is 0.341 e. The molecule has 1 aliphatic heterocycles. The van der Waals surface area contributed by atoms with Crippen LogP contribution in [0, 0.1) is 11.3 Å². The number of pyridine rings is 1. The number of alkyl halides is 3. The van der Waals surface area contributed by atoms with Gasteiger partial charge in [0.1, 0.15) is 11.6 Å². The molecule has 0 spiro atoms. The lowest BCUT2D eigenvalue weighted by Crippen LogP contribution is -2.55. The number of fused-ring (bicyclic) bond motifs is 1. The van der Waals surface area contributed by atoms with Crippen LogP contribution in [-0.2, 0) is 15.4 Å². The van der Waals surface area contributed by atoms with Gasteiger partial charge in [0.2, 0.25) is 9.84 Å². The Hall–Kier alpha value is -3.37. The van der Waals surface area contributed by atoms with Gasteiger partial charge in [0, 0.05) is 31.0 Å². The summed E-state index contributed by atoms with van der Waals surface area (Å²) in [6.45, 7) is 0.864. The number of nitrogens with one attached hydrogen (secondary N) is 2. The van der Waals surface area contributed by atoms with Gasteiger partial charge in [0.25, 0.3) is 5.56 Å². The number of anilines is 2. The molecule has 2 aromatic heterocycles. The molecule has 5 rings (SSSR count). The predicted molar refractivity (Wildman–Crippen MR) is 130 cm³/mol. The normalized spacial score (nSPS) is 23.2. The Kier molecular flexibility index (Phi) is 6.49. The summed E-state index contributed by atoms with van der Waals surface area (Å²) in [4.78, 5) is 17.0. The van der Waals surface area contributed by atoms with Crippen molar-refractivity contribution >= 4 is 32.2 Å². The van der Waals surface area contributed by atoms with Crippen LogP contribution in [0.3, 0.4) is 0 Å². The van der Waals surface area contributed by atoms with E-state index in [4.69, 9.17) is 5.10 Å². The zero-order valence-electron chi connectivity index (χ0n) is 19.7. The van der Waals surface area contributed by atoms with Crippen molar-refractivity contribution in [2.45, 2.75) is 60.5 Å². The Morgan fingerprint density at radius 1 is 1.19 bits per heavy atom. The number of hydrogen-bond donors (Lipinski definition) is 2. The second-order valence-corrected chi connectivity index (χ2v) is 11.5. The largest absolute Gasteiger partial charge is 0.341 e. The molecule has 196 valence electrons. The fourth-order valence-electron chi connectivity index (χ4n) is 5.36. The molecule has 37 heavy (non-hydrogen) atoms. The van der Waals surface area contributed by atoms with Gasteiger partial charge in [0.05, 0.1) is 28.4 Å². The maximum absolute atomic E-state index is 13.4. The van der Waals surface area contributed by atoms with Crippen molar-refractivity contribution in [2.75, 3.05) is 18.4 Å². The molecule has 2 aliphatic rings. The predicted octanol–water partition coefficient (Wildman–Crippen LogP) is 3.67. The number of aromatic nitrogens is 3. The number of rotatable bonds is 7. The first-order valence-electron chi connectivity index (χ1n) is 11.9. The van der Waals surface area contributed by atoms with E-state index in [1.165, 1.54) is 18.3 Å². The smallest absolute Gasteiger partial charge is 0.338 e. The Balaban J connectivity index is 1.48. The van der Waals surface area contributed by atoms with E-state index >= 15 is 0 Å². The highest BCUT2D eigenvalue weighted by atomic mass is 32.2. The molecule has 1 aromatic carbocycles. The molecular formula is C24H25F3N6O3S.